The Hall–Kier alpha value is -6.84. The normalized spacial score (nSPS) is 14.7. The third kappa shape index (κ3) is 4.26. The molecule has 244 valence electrons. The highest BCUT2D eigenvalue weighted by atomic mass is 15.0. The SMILES string of the molecule is C1=C(c2ccccc2)NC(c2ccccc2)C=C1n1c2ccccc2c2ccc3c(c4ccccc4n3-c3c4ccccc4cc4ccccc34)c21. The monoisotopic (exact) mass is 663 g/mol. The number of hydrogen-bond acceptors (Lipinski definition) is 1. The summed E-state index contributed by atoms with van der Waals surface area (Å²) in [7, 11) is 0. The van der Waals surface area contributed by atoms with Crippen LogP contribution in [0.25, 0.3) is 82.2 Å². The minimum atomic E-state index is -0.00443. The van der Waals surface area contributed by atoms with Crippen LogP contribution in [0.3, 0.4) is 0 Å². The molecule has 10 aromatic rings. The highest BCUT2D eigenvalue weighted by Crippen LogP contribution is 2.45. The van der Waals surface area contributed by atoms with Crippen LogP contribution in [-0.4, -0.2) is 9.13 Å². The predicted molar refractivity (Wildman–Crippen MR) is 220 cm³/mol. The number of hydrogen-bond donors (Lipinski definition) is 1. The lowest BCUT2D eigenvalue weighted by Gasteiger charge is -2.26. The van der Waals surface area contributed by atoms with Crippen molar-refractivity contribution in [3.8, 4) is 5.69 Å². The predicted octanol–water partition coefficient (Wildman–Crippen LogP) is 12.4. The number of rotatable bonds is 4. The quantitative estimate of drug-likeness (QED) is 0.186. The van der Waals surface area contributed by atoms with Crippen LogP contribution in [-0.2, 0) is 0 Å². The Morgan fingerprint density at radius 2 is 1.02 bits per heavy atom. The van der Waals surface area contributed by atoms with Crippen LogP contribution in [0.5, 0.6) is 0 Å². The van der Waals surface area contributed by atoms with Crippen LogP contribution in [0.1, 0.15) is 17.2 Å². The first-order valence-electron chi connectivity index (χ1n) is 18.0. The van der Waals surface area contributed by atoms with Gasteiger partial charge in [-0.05, 0) is 58.3 Å². The van der Waals surface area contributed by atoms with Gasteiger partial charge in [0.05, 0.1) is 33.8 Å². The summed E-state index contributed by atoms with van der Waals surface area (Å²) in [6, 6.07) is 63.9. The van der Waals surface area contributed by atoms with Crippen molar-refractivity contribution < 1.29 is 0 Å². The van der Waals surface area contributed by atoms with Crippen molar-refractivity contribution in [1.82, 2.24) is 14.5 Å². The fourth-order valence-electron chi connectivity index (χ4n) is 8.63. The van der Waals surface area contributed by atoms with E-state index in [2.05, 4.69) is 203 Å². The summed E-state index contributed by atoms with van der Waals surface area (Å²) in [4.78, 5) is 0. The molecule has 1 aliphatic heterocycles. The third-order valence-corrected chi connectivity index (χ3v) is 10.9. The Labute approximate surface area is 301 Å². The Morgan fingerprint density at radius 1 is 0.442 bits per heavy atom. The van der Waals surface area contributed by atoms with E-state index >= 15 is 0 Å². The number of allylic oxidation sites excluding steroid dienone is 2. The van der Waals surface area contributed by atoms with E-state index in [0.29, 0.717) is 0 Å². The van der Waals surface area contributed by atoms with Crippen molar-refractivity contribution in [1.29, 1.82) is 0 Å². The molecule has 2 aromatic heterocycles. The van der Waals surface area contributed by atoms with Gasteiger partial charge >= 0.3 is 0 Å². The molecule has 0 spiro atoms. The number of aromatic nitrogens is 2. The Balaban J connectivity index is 1.29. The molecule has 8 aromatic carbocycles. The van der Waals surface area contributed by atoms with E-state index < -0.39 is 0 Å². The summed E-state index contributed by atoms with van der Waals surface area (Å²) in [6.45, 7) is 0. The number of fused-ring (bicyclic) bond motifs is 9. The van der Waals surface area contributed by atoms with E-state index in [0.717, 1.165) is 11.4 Å². The van der Waals surface area contributed by atoms with Crippen LogP contribution in [0, 0.1) is 0 Å². The fraction of sp³-hybridized carbons (Fsp3) is 0.0204. The maximum atomic E-state index is 3.87. The van der Waals surface area contributed by atoms with Crippen LogP contribution >= 0.6 is 0 Å². The van der Waals surface area contributed by atoms with Gasteiger partial charge in [0.1, 0.15) is 0 Å². The molecule has 1 unspecified atom stereocenters. The molecule has 3 heteroatoms. The van der Waals surface area contributed by atoms with Gasteiger partial charge in [0.15, 0.2) is 0 Å². The number of nitrogens with zero attached hydrogens (tertiary/aromatic N) is 2. The number of nitrogens with one attached hydrogen (secondary N) is 1. The topological polar surface area (TPSA) is 21.9 Å². The maximum Gasteiger partial charge on any atom is 0.0721 e. The molecule has 0 saturated carbocycles. The molecule has 0 aliphatic carbocycles. The smallest absolute Gasteiger partial charge is 0.0721 e. The van der Waals surface area contributed by atoms with E-state index in [4.69, 9.17) is 0 Å². The minimum Gasteiger partial charge on any atom is -0.374 e. The van der Waals surface area contributed by atoms with Gasteiger partial charge in [-0.2, -0.15) is 0 Å². The molecule has 0 bridgehead atoms. The maximum absolute atomic E-state index is 3.87. The molecular formula is C49H33N3. The van der Waals surface area contributed by atoms with E-state index in [1.165, 1.54) is 82.0 Å². The summed E-state index contributed by atoms with van der Waals surface area (Å²) >= 11 is 0. The summed E-state index contributed by atoms with van der Waals surface area (Å²) in [5.41, 5.74) is 10.7. The molecule has 0 saturated heterocycles. The molecule has 0 fully saturated rings. The first-order chi connectivity index (χ1) is 25.8. The van der Waals surface area contributed by atoms with Crippen molar-refractivity contribution in [3.05, 3.63) is 199 Å². The van der Waals surface area contributed by atoms with Crippen molar-refractivity contribution in [2.75, 3.05) is 0 Å². The van der Waals surface area contributed by atoms with Crippen LogP contribution in [0.2, 0.25) is 0 Å². The van der Waals surface area contributed by atoms with Gasteiger partial charge in [-0.3, -0.25) is 0 Å². The lowest BCUT2D eigenvalue weighted by molar-refractivity contribution is 0.762. The second-order valence-corrected chi connectivity index (χ2v) is 13.8. The van der Waals surface area contributed by atoms with Crippen LogP contribution in [0.15, 0.2) is 188 Å². The first-order valence-corrected chi connectivity index (χ1v) is 18.0. The van der Waals surface area contributed by atoms with Crippen molar-refractivity contribution >= 4 is 76.6 Å². The lowest BCUT2D eigenvalue weighted by Crippen LogP contribution is -2.22. The second kappa shape index (κ2) is 11.3. The van der Waals surface area contributed by atoms with Gasteiger partial charge in [-0.1, -0.05) is 152 Å². The molecule has 0 radical (unpaired) electrons. The fourth-order valence-corrected chi connectivity index (χ4v) is 8.63. The Morgan fingerprint density at radius 3 is 1.73 bits per heavy atom. The van der Waals surface area contributed by atoms with Gasteiger partial charge < -0.3 is 14.5 Å². The Kier molecular flexibility index (Phi) is 6.31. The first kappa shape index (κ1) is 28.9. The molecule has 0 amide bonds. The van der Waals surface area contributed by atoms with Crippen LogP contribution < -0.4 is 5.32 Å². The molecule has 1 atom stereocenters. The van der Waals surface area contributed by atoms with Gasteiger partial charge in [0.25, 0.3) is 0 Å². The summed E-state index contributed by atoms with van der Waals surface area (Å²) in [6.07, 6.45) is 4.72. The summed E-state index contributed by atoms with van der Waals surface area (Å²) in [5.74, 6) is 0. The van der Waals surface area contributed by atoms with Gasteiger partial charge in [0.2, 0.25) is 0 Å². The van der Waals surface area contributed by atoms with Crippen molar-refractivity contribution in [3.63, 3.8) is 0 Å². The zero-order valence-electron chi connectivity index (χ0n) is 28.4. The molecular weight excluding hydrogens is 631 g/mol. The third-order valence-electron chi connectivity index (χ3n) is 10.9. The zero-order valence-corrected chi connectivity index (χ0v) is 28.4. The largest absolute Gasteiger partial charge is 0.374 e. The zero-order chi connectivity index (χ0) is 34.2. The van der Waals surface area contributed by atoms with Crippen molar-refractivity contribution in [2.24, 2.45) is 0 Å². The second-order valence-electron chi connectivity index (χ2n) is 13.8. The van der Waals surface area contributed by atoms with Crippen LogP contribution in [0.4, 0.5) is 0 Å². The molecule has 11 rings (SSSR count). The van der Waals surface area contributed by atoms with E-state index in [1.54, 1.807) is 0 Å². The standard InChI is InChI=1S/C49H33N3/c1-3-15-32(16-4-1)42-30-36(31-43(50-42)33-17-5-2-6-18-33)51-44-25-13-11-23-39(44)40-27-28-46-47(49(40)51)41-24-12-14-26-45(41)52(46)48-37-21-9-7-19-34(37)29-35-20-8-10-22-38(35)48/h1-31,42,50H. The van der Waals surface area contributed by atoms with E-state index in [-0.39, 0.29) is 6.04 Å². The highest BCUT2D eigenvalue weighted by Gasteiger charge is 2.25. The number of dihydropyridines is 1. The lowest BCUT2D eigenvalue weighted by atomic mass is 9.99. The van der Waals surface area contributed by atoms with E-state index in [1.807, 2.05) is 0 Å². The van der Waals surface area contributed by atoms with Gasteiger partial charge in [-0.25, -0.2) is 0 Å². The molecule has 1 N–H and O–H groups in total. The summed E-state index contributed by atoms with van der Waals surface area (Å²) < 4.78 is 5.04. The highest BCUT2D eigenvalue weighted by molar-refractivity contribution is 6.27. The molecule has 3 heterocycles. The average molecular weight is 664 g/mol. The summed E-state index contributed by atoms with van der Waals surface area (Å²) in [5, 5.41) is 13.8. The molecule has 1 aliphatic rings. The Bertz CT molecular complexity index is 3030. The minimum absolute atomic E-state index is 0.00443. The van der Waals surface area contributed by atoms with Gasteiger partial charge in [-0.15, -0.1) is 0 Å². The number of benzene rings is 8. The molecule has 52 heavy (non-hydrogen) atoms. The van der Waals surface area contributed by atoms with E-state index in [9.17, 15) is 0 Å². The average Bonchev–Trinajstić information content (AvgIpc) is 3.73. The van der Waals surface area contributed by atoms with Crippen molar-refractivity contribution in [2.45, 2.75) is 6.04 Å². The van der Waals surface area contributed by atoms with Gasteiger partial charge in [0, 0.05) is 43.7 Å². The molecule has 3 nitrogen and oxygen atoms in total. The number of para-hydroxylation sites is 2.